The molecule has 1 fully saturated rings. The molecule has 2 nitrogen and oxygen atoms in total. The van der Waals surface area contributed by atoms with Crippen molar-refractivity contribution in [2.75, 3.05) is 13.7 Å². The topological polar surface area (TPSA) is 21.3 Å². The molecule has 2 rings (SSSR count). The predicted molar refractivity (Wildman–Crippen MR) is 69.9 cm³/mol. The summed E-state index contributed by atoms with van der Waals surface area (Å²) in [6.45, 7) is 1.13. The molecule has 1 saturated heterocycles. The Labute approximate surface area is 106 Å². The van der Waals surface area contributed by atoms with Crippen molar-refractivity contribution in [1.29, 1.82) is 0 Å². The quantitative estimate of drug-likeness (QED) is 0.894. The molecule has 0 spiro atoms. The minimum absolute atomic E-state index is 0.504. The highest BCUT2D eigenvalue weighted by molar-refractivity contribution is 9.10. The van der Waals surface area contributed by atoms with Gasteiger partial charge in [-0.25, -0.2) is 0 Å². The summed E-state index contributed by atoms with van der Waals surface area (Å²) >= 11 is 3.54. The first kappa shape index (κ1) is 11.9. The van der Waals surface area contributed by atoms with Crippen molar-refractivity contribution < 1.29 is 4.74 Å². The molecule has 1 heterocycles. The lowest BCUT2D eigenvalue weighted by atomic mass is 10.0. The lowest BCUT2D eigenvalue weighted by Crippen LogP contribution is -2.20. The largest absolute Gasteiger partial charge is 0.496 e. The summed E-state index contributed by atoms with van der Waals surface area (Å²) < 4.78 is 6.29. The van der Waals surface area contributed by atoms with Crippen LogP contribution in [0.4, 0.5) is 0 Å². The number of hydrogen-bond acceptors (Lipinski definition) is 2. The maximum atomic E-state index is 5.24. The molecule has 3 heteroatoms. The second-order valence-corrected chi connectivity index (χ2v) is 5.10. The standard InChI is InChI=1S/C13H18BrNO/c1-16-13-7-6-10(9-11(13)14)12-5-3-2-4-8-15-12/h6-7,9,12,15H,2-5,8H2,1H3. The van der Waals surface area contributed by atoms with E-state index in [4.69, 9.17) is 4.74 Å². The van der Waals surface area contributed by atoms with E-state index < -0.39 is 0 Å². The van der Waals surface area contributed by atoms with E-state index in [0.29, 0.717) is 6.04 Å². The average Bonchev–Trinajstić information content (AvgIpc) is 2.57. The number of hydrogen-bond donors (Lipinski definition) is 1. The van der Waals surface area contributed by atoms with Crippen molar-refractivity contribution in [2.45, 2.75) is 31.7 Å². The highest BCUT2D eigenvalue weighted by Gasteiger charge is 2.14. The first-order chi connectivity index (χ1) is 7.81. The molecule has 0 radical (unpaired) electrons. The number of ether oxygens (including phenoxy) is 1. The number of benzene rings is 1. The number of rotatable bonds is 2. The summed E-state index contributed by atoms with van der Waals surface area (Å²) in [5.74, 6) is 0.900. The zero-order valence-electron chi connectivity index (χ0n) is 9.63. The first-order valence-corrected chi connectivity index (χ1v) is 6.67. The third-order valence-corrected chi connectivity index (χ3v) is 3.76. The van der Waals surface area contributed by atoms with Gasteiger partial charge in [-0.2, -0.15) is 0 Å². The number of nitrogens with one attached hydrogen (secondary N) is 1. The van der Waals surface area contributed by atoms with Crippen molar-refractivity contribution in [2.24, 2.45) is 0 Å². The van der Waals surface area contributed by atoms with E-state index in [1.165, 1.54) is 31.2 Å². The number of methoxy groups -OCH3 is 1. The molecule has 0 aliphatic carbocycles. The van der Waals surface area contributed by atoms with Crippen molar-refractivity contribution in [1.82, 2.24) is 5.32 Å². The van der Waals surface area contributed by atoms with Gasteiger partial charge in [-0.05, 0) is 53.0 Å². The van der Waals surface area contributed by atoms with Crippen LogP contribution in [-0.4, -0.2) is 13.7 Å². The summed E-state index contributed by atoms with van der Waals surface area (Å²) in [6, 6.07) is 6.87. The Kier molecular flexibility index (Phi) is 4.24. The molecule has 0 amide bonds. The molecule has 1 atom stereocenters. The summed E-state index contributed by atoms with van der Waals surface area (Å²) in [6.07, 6.45) is 5.20. The Morgan fingerprint density at radius 1 is 1.31 bits per heavy atom. The fraction of sp³-hybridized carbons (Fsp3) is 0.538. The molecule has 88 valence electrons. The van der Waals surface area contributed by atoms with Gasteiger partial charge in [0.15, 0.2) is 0 Å². The summed E-state index contributed by atoms with van der Waals surface area (Å²) in [5.41, 5.74) is 1.36. The Balaban J connectivity index is 2.16. The zero-order chi connectivity index (χ0) is 11.4. The molecule has 1 N–H and O–H groups in total. The van der Waals surface area contributed by atoms with Crippen molar-refractivity contribution in [3.8, 4) is 5.75 Å². The van der Waals surface area contributed by atoms with Gasteiger partial charge in [-0.1, -0.05) is 18.9 Å². The summed E-state index contributed by atoms with van der Waals surface area (Å²) in [4.78, 5) is 0. The third-order valence-electron chi connectivity index (χ3n) is 3.14. The molecule has 16 heavy (non-hydrogen) atoms. The maximum Gasteiger partial charge on any atom is 0.133 e. The van der Waals surface area contributed by atoms with E-state index >= 15 is 0 Å². The highest BCUT2D eigenvalue weighted by Crippen LogP contribution is 2.30. The van der Waals surface area contributed by atoms with E-state index in [-0.39, 0.29) is 0 Å². The average molecular weight is 284 g/mol. The van der Waals surface area contributed by atoms with Crippen molar-refractivity contribution in [3.05, 3.63) is 28.2 Å². The zero-order valence-corrected chi connectivity index (χ0v) is 11.2. The first-order valence-electron chi connectivity index (χ1n) is 5.88. The third kappa shape index (κ3) is 2.77. The summed E-state index contributed by atoms with van der Waals surface area (Å²) in [7, 11) is 1.70. The lowest BCUT2D eigenvalue weighted by molar-refractivity contribution is 0.411. The van der Waals surface area contributed by atoms with Gasteiger partial charge < -0.3 is 10.1 Å². The Hall–Kier alpha value is -0.540. The molecule has 0 aromatic heterocycles. The maximum absolute atomic E-state index is 5.24. The smallest absolute Gasteiger partial charge is 0.133 e. The lowest BCUT2D eigenvalue weighted by Gasteiger charge is -2.17. The Bertz CT molecular complexity index is 346. The van der Waals surface area contributed by atoms with Crippen LogP contribution in [0, 0.1) is 0 Å². The van der Waals surface area contributed by atoms with E-state index in [0.717, 1.165) is 16.8 Å². The van der Waals surface area contributed by atoms with Gasteiger partial charge in [0, 0.05) is 6.04 Å². The van der Waals surface area contributed by atoms with Gasteiger partial charge >= 0.3 is 0 Å². The SMILES string of the molecule is COc1ccc(C2CCCCCN2)cc1Br. The van der Waals surface area contributed by atoms with Gasteiger partial charge in [0.05, 0.1) is 11.6 Å². The van der Waals surface area contributed by atoms with Crippen LogP contribution in [0.2, 0.25) is 0 Å². The molecule has 1 aliphatic rings. The monoisotopic (exact) mass is 283 g/mol. The molecule has 1 unspecified atom stereocenters. The van der Waals surface area contributed by atoms with Gasteiger partial charge in [0.2, 0.25) is 0 Å². The van der Waals surface area contributed by atoms with Crippen LogP contribution >= 0.6 is 15.9 Å². The van der Waals surface area contributed by atoms with Crippen molar-refractivity contribution >= 4 is 15.9 Å². The van der Waals surface area contributed by atoms with Crippen LogP contribution in [0.1, 0.15) is 37.3 Å². The normalized spacial score (nSPS) is 21.5. The van der Waals surface area contributed by atoms with Gasteiger partial charge in [-0.3, -0.25) is 0 Å². The molecule has 1 aromatic rings. The molecular formula is C13H18BrNO. The minimum atomic E-state index is 0.504. The Morgan fingerprint density at radius 2 is 2.19 bits per heavy atom. The van der Waals surface area contributed by atoms with Crippen LogP contribution < -0.4 is 10.1 Å². The highest BCUT2D eigenvalue weighted by atomic mass is 79.9. The van der Waals surface area contributed by atoms with Gasteiger partial charge in [-0.15, -0.1) is 0 Å². The van der Waals surface area contributed by atoms with Gasteiger partial charge in [0.1, 0.15) is 5.75 Å². The molecule has 1 aliphatic heterocycles. The molecule has 0 saturated carbocycles. The van der Waals surface area contributed by atoms with E-state index in [2.05, 4.69) is 33.4 Å². The van der Waals surface area contributed by atoms with Crippen LogP contribution in [-0.2, 0) is 0 Å². The molecule has 1 aromatic carbocycles. The van der Waals surface area contributed by atoms with E-state index in [9.17, 15) is 0 Å². The molecule has 0 bridgehead atoms. The van der Waals surface area contributed by atoms with Crippen LogP contribution in [0.15, 0.2) is 22.7 Å². The fourth-order valence-electron chi connectivity index (χ4n) is 2.21. The van der Waals surface area contributed by atoms with Crippen LogP contribution in [0.5, 0.6) is 5.75 Å². The van der Waals surface area contributed by atoms with Gasteiger partial charge in [0.25, 0.3) is 0 Å². The minimum Gasteiger partial charge on any atom is -0.496 e. The Morgan fingerprint density at radius 3 is 2.94 bits per heavy atom. The molecular weight excluding hydrogens is 266 g/mol. The predicted octanol–water partition coefficient (Wildman–Crippen LogP) is 3.66. The second kappa shape index (κ2) is 5.69. The fourth-order valence-corrected chi connectivity index (χ4v) is 2.77. The van der Waals surface area contributed by atoms with Crippen LogP contribution in [0.3, 0.4) is 0 Å². The van der Waals surface area contributed by atoms with E-state index in [1.807, 2.05) is 6.07 Å². The van der Waals surface area contributed by atoms with Crippen molar-refractivity contribution in [3.63, 3.8) is 0 Å². The summed E-state index contributed by atoms with van der Waals surface area (Å²) in [5, 5.41) is 3.60. The number of halogens is 1. The van der Waals surface area contributed by atoms with E-state index in [1.54, 1.807) is 7.11 Å². The second-order valence-electron chi connectivity index (χ2n) is 4.25. The van der Waals surface area contributed by atoms with Crippen LogP contribution in [0.25, 0.3) is 0 Å².